The number of rotatable bonds is 11. The van der Waals surface area contributed by atoms with E-state index < -0.39 is 27.7 Å². The first-order valence-electron chi connectivity index (χ1n) is 15.8. The first kappa shape index (κ1) is 34.3. The van der Waals surface area contributed by atoms with E-state index in [4.69, 9.17) is 4.55 Å². The van der Waals surface area contributed by atoms with Crippen molar-refractivity contribution in [1.82, 2.24) is 5.32 Å². The van der Waals surface area contributed by atoms with E-state index >= 15 is 0 Å². The maximum absolute atomic E-state index is 13.9. The van der Waals surface area contributed by atoms with Gasteiger partial charge in [-0.2, -0.15) is 8.42 Å². The average molecular weight is 661 g/mol. The molecule has 0 radical (unpaired) electrons. The minimum absolute atomic E-state index is 0.152. The van der Waals surface area contributed by atoms with Gasteiger partial charge in [-0.15, -0.1) is 0 Å². The average Bonchev–Trinajstić information content (AvgIpc) is 3.04. The second kappa shape index (κ2) is 14.8. The molecule has 5 rings (SSSR count). The van der Waals surface area contributed by atoms with Crippen LogP contribution in [0.5, 0.6) is 0 Å². The van der Waals surface area contributed by atoms with Crippen molar-refractivity contribution >= 4 is 27.6 Å². The zero-order chi connectivity index (χ0) is 34.4. The number of carbonyl (C=O) groups is 2. The molecule has 0 saturated carbocycles. The molecule has 0 aromatic heterocycles. The second-order valence-electron chi connectivity index (χ2n) is 12.3. The molecule has 0 saturated heterocycles. The van der Waals surface area contributed by atoms with Gasteiger partial charge in [0, 0.05) is 17.8 Å². The molecule has 0 aliphatic heterocycles. The predicted octanol–water partition coefficient (Wildman–Crippen LogP) is 7.84. The number of carbonyl (C=O) groups excluding carboxylic acids is 2. The minimum atomic E-state index is -4.17. The lowest BCUT2D eigenvalue weighted by Crippen LogP contribution is -2.28. The summed E-state index contributed by atoms with van der Waals surface area (Å²) in [7, 11) is -4.17. The van der Waals surface area contributed by atoms with Gasteiger partial charge in [0.1, 0.15) is 0 Å². The molecule has 8 heteroatoms. The Bertz CT molecular complexity index is 2040. The molecule has 0 spiro atoms. The van der Waals surface area contributed by atoms with Gasteiger partial charge in [-0.25, -0.2) is 0 Å². The minimum Gasteiger partial charge on any atom is -0.351 e. The lowest BCUT2D eigenvalue weighted by molar-refractivity contribution is -0.117. The van der Waals surface area contributed by atoms with Crippen LogP contribution in [-0.4, -0.2) is 37.1 Å². The third-order valence-electron chi connectivity index (χ3n) is 8.47. The van der Waals surface area contributed by atoms with Crippen LogP contribution < -0.4 is 10.6 Å². The maximum Gasteiger partial charge on any atom is 0.266 e. The molecular formula is C40H40N2O5S. The van der Waals surface area contributed by atoms with Crippen LogP contribution in [0, 0.1) is 27.7 Å². The molecule has 5 aromatic rings. The monoisotopic (exact) mass is 660 g/mol. The van der Waals surface area contributed by atoms with E-state index in [-0.39, 0.29) is 12.5 Å². The summed E-state index contributed by atoms with van der Waals surface area (Å²) in [6.45, 7) is 8.13. The number of amides is 2. The van der Waals surface area contributed by atoms with E-state index in [9.17, 15) is 18.0 Å². The number of hydrogen-bond acceptors (Lipinski definition) is 4. The lowest BCUT2D eigenvalue weighted by Gasteiger charge is -2.19. The van der Waals surface area contributed by atoms with Crippen molar-refractivity contribution in [3.8, 4) is 22.3 Å². The van der Waals surface area contributed by atoms with Crippen LogP contribution in [0.15, 0.2) is 109 Å². The van der Waals surface area contributed by atoms with Gasteiger partial charge >= 0.3 is 0 Å². The smallest absolute Gasteiger partial charge is 0.266 e. The highest BCUT2D eigenvalue weighted by molar-refractivity contribution is 7.85. The van der Waals surface area contributed by atoms with Gasteiger partial charge in [-0.05, 0) is 103 Å². The second-order valence-corrected chi connectivity index (χ2v) is 13.9. The van der Waals surface area contributed by atoms with E-state index in [0.717, 1.165) is 33.4 Å². The largest absolute Gasteiger partial charge is 0.351 e. The van der Waals surface area contributed by atoms with Crippen LogP contribution in [0.2, 0.25) is 0 Å². The molecule has 1 atom stereocenters. The van der Waals surface area contributed by atoms with Gasteiger partial charge in [0.25, 0.3) is 16.0 Å². The predicted molar refractivity (Wildman–Crippen MR) is 193 cm³/mol. The van der Waals surface area contributed by atoms with Gasteiger partial charge < -0.3 is 10.6 Å². The van der Waals surface area contributed by atoms with Gasteiger partial charge in [0.05, 0.1) is 11.7 Å². The summed E-state index contributed by atoms with van der Waals surface area (Å²) in [5, 5.41) is 5.61. The Morgan fingerprint density at radius 2 is 1.21 bits per heavy atom. The Labute approximate surface area is 282 Å². The molecule has 1 unspecified atom stereocenters. The third kappa shape index (κ3) is 8.85. The van der Waals surface area contributed by atoms with Crippen molar-refractivity contribution in [2.45, 2.75) is 40.0 Å². The van der Waals surface area contributed by atoms with Crippen molar-refractivity contribution in [3.63, 3.8) is 0 Å². The molecule has 0 bridgehead atoms. The van der Waals surface area contributed by atoms with Crippen molar-refractivity contribution < 1.29 is 22.6 Å². The molecular weight excluding hydrogens is 621 g/mol. The normalized spacial score (nSPS) is 11.9. The van der Waals surface area contributed by atoms with Crippen LogP contribution in [0.1, 0.15) is 49.7 Å². The number of hydrogen-bond donors (Lipinski definition) is 3. The summed E-state index contributed by atoms with van der Waals surface area (Å²) in [6.07, 6.45) is 0.389. The van der Waals surface area contributed by atoms with Crippen molar-refractivity contribution in [2.24, 2.45) is 0 Å². The van der Waals surface area contributed by atoms with E-state index in [1.165, 1.54) is 22.3 Å². The summed E-state index contributed by atoms with van der Waals surface area (Å²) in [4.78, 5) is 26.4. The van der Waals surface area contributed by atoms with Crippen LogP contribution in [0.3, 0.4) is 0 Å². The number of benzene rings is 5. The summed E-state index contributed by atoms with van der Waals surface area (Å²) in [5.74, 6) is -1.69. The highest BCUT2D eigenvalue weighted by atomic mass is 32.2. The van der Waals surface area contributed by atoms with Crippen LogP contribution in [0.25, 0.3) is 22.3 Å². The van der Waals surface area contributed by atoms with Crippen LogP contribution >= 0.6 is 0 Å². The molecule has 3 N–H and O–H groups in total. The fourth-order valence-corrected chi connectivity index (χ4v) is 6.28. The Hall–Kier alpha value is -5.05. The Balaban J connectivity index is 1.37. The summed E-state index contributed by atoms with van der Waals surface area (Å²) >= 11 is 0. The summed E-state index contributed by atoms with van der Waals surface area (Å²) in [5.41, 5.74) is 12.0. The standard InChI is InChI=1S/C40H40N2O5S/c1-26-5-19-36(28(3)23-26)31-11-13-33(14-12-31)38(25-30-7-9-34(10-8-30)39(43)41-21-22-48(45,46)47)40(44)42-35-17-15-32(16-18-35)37-20-6-27(2)24-29(37)4/h5-20,23-24,38H,21-22,25H2,1-4H3,(H,41,43)(H,42,44)(H,45,46,47). The molecule has 246 valence electrons. The van der Waals surface area contributed by atoms with Gasteiger partial charge in [-0.3, -0.25) is 14.1 Å². The zero-order valence-corrected chi connectivity index (χ0v) is 28.4. The van der Waals surface area contributed by atoms with Crippen molar-refractivity contribution in [3.05, 3.63) is 148 Å². The molecule has 0 fully saturated rings. The molecule has 0 heterocycles. The zero-order valence-electron chi connectivity index (χ0n) is 27.6. The van der Waals surface area contributed by atoms with Crippen molar-refractivity contribution in [1.29, 1.82) is 0 Å². The van der Waals surface area contributed by atoms with Crippen LogP contribution in [-0.2, 0) is 21.3 Å². The number of nitrogens with one attached hydrogen (secondary N) is 2. The Kier molecular flexibility index (Phi) is 10.6. The maximum atomic E-state index is 13.9. The lowest BCUT2D eigenvalue weighted by atomic mass is 9.89. The molecule has 7 nitrogen and oxygen atoms in total. The van der Waals surface area contributed by atoms with Crippen molar-refractivity contribution in [2.75, 3.05) is 17.6 Å². The van der Waals surface area contributed by atoms with Gasteiger partial charge in [0.15, 0.2) is 0 Å². The van der Waals surface area contributed by atoms with E-state index in [0.29, 0.717) is 17.7 Å². The van der Waals surface area contributed by atoms with E-state index in [1.54, 1.807) is 24.3 Å². The highest BCUT2D eigenvalue weighted by Crippen LogP contribution is 2.30. The Morgan fingerprint density at radius 3 is 1.71 bits per heavy atom. The molecule has 5 aromatic carbocycles. The summed E-state index contributed by atoms with van der Waals surface area (Å²) < 4.78 is 30.9. The highest BCUT2D eigenvalue weighted by Gasteiger charge is 2.22. The molecule has 2 amide bonds. The van der Waals surface area contributed by atoms with E-state index in [1.807, 2.05) is 48.5 Å². The van der Waals surface area contributed by atoms with E-state index in [2.05, 4.69) is 74.7 Å². The Morgan fingerprint density at radius 1 is 0.688 bits per heavy atom. The first-order valence-corrected chi connectivity index (χ1v) is 17.5. The van der Waals surface area contributed by atoms with Crippen LogP contribution in [0.4, 0.5) is 5.69 Å². The van der Waals surface area contributed by atoms with Gasteiger partial charge in [0.2, 0.25) is 5.91 Å². The topological polar surface area (TPSA) is 113 Å². The molecule has 48 heavy (non-hydrogen) atoms. The first-order chi connectivity index (χ1) is 22.9. The fraction of sp³-hybridized carbons (Fsp3) is 0.200. The third-order valence-corrected chi connectivity index (χ3v) is 9.19. The molecule has 0 aliphatic carbocycles. The number of aryl methyl sites for hydroxylation is 4. The quantitative estimate of drug-likeness (QED) is 0.125. The fourth-order valence-electron chi connectivity index (χ4n) is 5.92. The molecule has 0 aliphatic rings. The SMILES string of the molecule is Cc1ccc(-c2ccc(NC(=O)C(Cc3ccc(C(=O)NCCS(=O)(=O)O)cc3)c3ccc(-c4ccc(C)cc4C)cc3)cc2)c(C)c1. The summed E-state index contributed by atoms with van der Waals surface area (Å²) in [6, 6.07) is 35.6. The van der Waals surface area contributed by atoms with Gasteiger partial charge in [-0.1, -0.05) is 96.1 Å². The number of anilines is 1.